The Kier molecular flexibility index (Phi) is 6.54. The van der Waals surface area contributed by atoms with Crippen LogP contribution in [0.15, 0.2) is 54.2 Å². The Morgan fingerprint density at radius 2 is 1.81 bits per heavy atom. The Morgan fingerprint density at radius 3 is 2.52 bits per heavy atom. The number of hydrogen-bond acceptors (Lipinski definition) is 5. The van der Waals surface area contributed by atoms with Gasteiger partial charge in [-0.25, -0.2) is 4.98 Å². The number of anilines is 1. The molecule has 0 aliphatic heterocycles. The molecule has 0 aliphatic rings. The van der Waals surface area contributed by atoms with Crippen LogP contribution in [0.1, 0.15) is 17.7 Å². The molecular formula is C21H24N4OS. The van der Waals surface area contributed by atoms with Crippen molar-refractivity contribution in [3.8, 4) is 10.6 Å². The number of carbonyl (C=O) groups excluding carboxylic acids is 1. The van der Waals surface area contributed by atoms with E-state index in [-0.39, 0.29) is 5.91 Å². The first kappa shape index (κ1) is 19.0. The van der Waals surface area contributed by atoms with Gasteiger partial charge < -0.3 is 10.2 Å². The SMILES string of the molecule is CN(C)c1ccc(CCNC(=O)CCc2csc(-c3ccncc3)n2)cc1. The number of rotatable bonds is 8. The lowest BCUT2D eigenvalue weighted by Gasteiger charge is -2.12. The van der Waals surface area contributed by atoms with E-state index in [9.17, 15) is 4.79 Å². The molecule has 2 aromatic heterocycles. The van der Waals surface area contributed by atoms with E-state index < -0.39 is 0 Å². The molecule has 1 amide bonds. The van der Waals surface area contributed by atoms with Crippen LogP contribution in [-0.4, -0.2) is 36.5 Å². The van der Waals surface area contributed by atoms with Crippen molar-refractivity contribution in [3.05, 3.63) is 65.4 Å². The first-order valence-corrected chi connectivity index (χ1v) is 9.87. The normalized spacial score (nSPS) is 10.6. The molecule has 140 valence electrons. The first-order chi connectivity index (χ1) is 13.1. The number of hydrogen-bond donors (Lipinski definition) is 1. The number of pyridine rings is 1. The molecular weight excluding hydrogens is 356 g/mol. The number of thiazole rings is 1. The average molecular weight is 381 g/mol. The van der Waals surface area contributed by atoms with Crippen LogP contribution in [0, 0.1) is 0 Å². The molecule has 6 heteroatoms. The highest BCUT2D eigenvalue weighted by Crippen LogP contribution is 2.23. The lowest BCUT2D eigenvalue weighted by Crippen LogP contribution is -2.25. The molecule has 0 bridgehead atoms. The van der Waals surface area contributed by atoms with Crippen LogP contribution in [0.25, 0.3) is 10.6 Å². The molecule has 5 nitrogen and oxygen atoms in total. The summed E-state index contributed by atoms with van der Waals surface area (Å²) in [6.07, 6.45) is 5.47. The van der Waals surface area contributed by atoms with Gasteiger partial charge in [-0.1, -0.05) is 12.1 Å². The van der Waals surface area contributed by atoms with Crippen molar-refractivity contribution in [2.45, 2.75) is 19.3 Å². The maximum atomic E-state index is 12.1. The number of aromatic nitrogens is 2. The number of carbonyl (C=O) groups is 1. The Labute approximate surface area is 164 Å². The fraction of sp³-hybridized carbons (Fsp3) is 0.286. The molecule has 0 unspecified atom stereocenters. The standard InChI is InChI=1S/C21H24N4OS/c1-25(2)19-6-3-16(4-7-19)9-14-23-20(26)8-5-18-15-27-21(24-18)17-10-12-22-13-11-17/h3-4,6-7,10-13,15H,5,8-9,14H2,1-2H3,(H,23,26). The van der Waals surface area contributed by atoms with Gasteiger partial charge in [-0.3, -0.25) is 9.78 Å². The zero-order chi connectivity index (χ0) is 19.1. The summed E-state index contributed by atoms with van der Waals surface area (Å²) in [6, 6.07) is 12.3. The van der Waals surface area contributed by atoms with Crippen LogP contribution in [0.3, 0.4) is 0 Å². The molecule has 0 fully saturated rings. The van der Waals surface area contributed by atoms with Gasteiger partial charge in [0.2, 0.25) is 5.91 Å². The van der Waals surface area contributed by atoms with Gasteiger partial charge in [0.05, 0.1) is 5.69 Å². The van der Waals surface area contributed by atoms with Crippen molar-refractivity contribution in [3.63, 3.8) is 0 Å². The van der Waals surface area contributed by atoms with Gasteiger partial charge in [0.1, 0.15) is 5.01 Å². The lowest BCUT2D eigenvalue weighted by atomic mass is 10.1. The molecule has 0 radical (unpaired) electrons. The zero-order valence-corrected chi connectivity index (χ0v) is 16.5. The van der Waals surface area contributed by atoms with Crippen LogP contribution in [0.2, 0.25) is 0 Å². The third-order valence-corrected chi connectivity index (χ3v) is 5.22. The molecule has 0 spiro atoms. The molecule has 1 N–H and O–H groups in total. The minimum atomic E-state index is 0.0679. The molecule has 3 aromatic rings. The highest BCUT2D eigenvalue weighted by Gasteiger charge is 2.07. The van der Waals surface area contributed by atoms with Crippen molar-refractivity contribution in [1.82, 2.24) is 15.3 Å². The number of nitrogens with one attached hydrogen (secondary N) is 1. The molecule has 0 saturated carbocycles. The maximum absolute atomic E-state index is 12.1. The number of benzene rings is 1. The van der Waals surface area contributed by atoms with E-state index in [1.165, 1.54) is 11.3 Å². The fourth-order valence-electron chi connectivity index (χ4n) is 2.69. The summed E-state index contributed by atoms with van der Waals surface area (Å²) in [4.78, 5) is 22.8. The Morgan fingerprint density at radius 1 is 1.07 bits per heavy atom. The van der Waals surface area contributed by atoms with E-state index in [1.807, 2.05) is 31.6 Å². The maximum Gasteiger partial charge on any atom is 0.220 e. The molecule has 0 aliphatic carbocycles. The van der Waals surface area contributed by atoms with E-state index in [0.29, 0.717) is 19.4 Å². The van der Waals surface area contributed by atoms with Crippen LogP contribution in [-0.2, 0) is 17.6 Å². The van der Waals surface area contributed by atoms with E-state index in [0.717, 1.165) is 22.7 Å². The van der Waals surface area contributed by atoms with Crippen LogP contribution in [0.5, 0.6) is 0 Å². The summed E-state index contributed by atoms with van der Waals surface area (Å²) >= 11 is 1.60. The predicted octanol–water partition coefficient (Wildman–Crippen LogP) is 3.56. The topological polar surface area (TPSA) is 58.1 Å². The second-order valence-electron chi connectivity index (χ2n) is 6.54. The van der Waals surface area contributed by atoms with Crippen LogP contribution < -0.4 is 10.2 Å². The molecule has 27 heavy (non-hydrogen) atoms. The summed E-state index contributed by atoms with van der Waals surface area (Å²) < 4.78 is 0. The fourth-order valence-corrected chi connectivity index (χ4v) is 3.55. The van der Waals surface area contributed by atoms with Gasteiger partial charge in [0.25, 0.3) is 0 Å². The number of amides is 1. The number of aryl methyl sites for hydroxylation is 1. The molecule has 0 saturated heterocycles. The molecule has 0 atom stereocenters. The molecule has 3 rings (SSSR count). The summed E-state index contributed by atoms with van der Waals surface area (Å²) in [6.45, 7) is 0.652. The zero-order valence-electron chi connectivity index (χ0n) is 15.7. The van der Waals surface area contributed by atoms with Crippen LogP contribution >= 0.6 is 11.3 Å². The minimum absolute atomic E-state index is 0.0679. The smallest absolute Gasteiger partial charge is 0.220 e. The molecule has 1 aromatic carbocycles. The third-order valence-electron chi connectivity index (χ3n) is 4.28. The van der Waals surface area contributed by atoms with E-state index in [1.54, 1.807) is 23.7 Å². The van der Waals surface area contributed by atoms with Crippen molar-refractivity contribution in [2.24, 2.45) is 0 Å². The quantitative estimate of drug-likeness (QED) is 0.649. The second kappa shape index (κ2) is 9.28. The van der Waals surface area contributed by atoms with Crippen LogP contribution in [0.4, 0.5) is 5.69 Å². The number of nitrogens with zero attached hydrogens (tertiary/aromatic N) is 3. The third kappa shape index (κ3) is 5.62. The van der Waals surface area contributed by atoms with Crippen molar-refractivity contribution in [1.29, 1.82) is 0 Å². The monoisotopic (exact) mass is 380 g/mol. The molecule has 2 heterocycles. The van der Waals surface area contributed by atoms with Gasteiger partial charge in [0, 0.05) is 56.1 Å². The van der Waals surface area contributed by atoms with E-state index in [4.69, 9.17) is 0 Å². The highest BCUT2D eigenvalue weighted by atomic mass is 32.1. The first-order valence-electron chi connectivity index (χ1n) is 8.99. The van der Waals surface area contributed by atoms with Gasteiger partial charge in [-0.15, -0.1) is 11.3 Å². The summed E-state index contributed by atoms with van der Waals surface area (Å²) in [5.41, 5.74) is 4.42. The van der Waals surface area contributed by atoms with Crippen molar-refractivity contribution < 1.29 is 4.79 Å². The highest BCUT2D eigenvalue weighted by molar-refractivity contribution is 7.13. The van der Waals surface area contributed by atoms with Gasteiger partial charge in [0.15, 0.2) is 0 Å². The lowest BCUT2D eigenvalue weighted by molar-refractivity contribution is -0.121. The summed E-state index contributed by atoms with van der Waals surface area (Å²) in [7, 11) is 4.05. The van der Waals surface area contributed by atoms with Gasteiger partial charge in [-0.05, 0) is 42.7 Å². The average Bonchev–Trinajstić information content (AvgIpc) is 3.16. The van der Waals surface area contributed by atoms with E-state index in [2.05, 4.69) is 44.5 Å². The van der Waals surface area contributed by atoms with Crippen molar-refractivity contribution in [2.75, 3.05) is 25.5 Å². The van der Waals surface area contributed by atoms with Gasteiger partial charge in [-0.2, -0.15) is 0 Å². The summed E-state index contributed by atoms with van der Waals surface area (Å²) in [5.74, 6) is 0.0679. The summed E-state index contributed by atoms with van der Waals surface area (Å²) in [5, 5.41) is 5.99. The van der Waals surface area contributed by atoms with E-state index >= 15 is 0 Å². The minimum Gasteiger partial charge on any atom is -0.378 e. The Balaban J connectivity index is 1.40. The Bertz CT molecular complexity index is 859. The second-order valence-corrected chi connectivity index (χ2v) is 7.40. The van der Waals surface area contributed by atoms with Crippen molar-refractivity contribution >= 4 is 22.9 Å². The Hall–Kier alpha value is -2.73. The predicted molar refractivity (Wildman–Crippen MR) is 111 cm³/mol. The largest absolute Gasteiger partial charge is 0.378 e. The van der Waals surface area contributed by atoms with Gasteiger partial charge >= 0.3 is 0 Å².